The van der Waals surface area contributed by atoms with E-state index in [4.69, 9.17) is 23.2 Å². The minimum absolute atomic E-state index is 0.191. The number of amides is 1. The van der Waals surface area contributed by atoms with Crippen molar-refractivity contribution in [2.24, 2.45) is 0 Å². The van der Waals surface area contributed by atoms with Crippen LogP contribution in [0, 0.1) is 0 Å². The second kappa shape index (κ2) is 8.55. The highest BCUT2D eigenvalue weighted by atomic mass is 35.5. The van der Waals surface area contributed by atoms with Gasteiger partial charge in [0, 0.05) is 12.5 Å². The first-order valence-electron chi connectivity index (χ1n) is 7.34. The summed E-state index contributed by atoms with van der Waals surface area (Å²) in [4.78, 5) is 12.1. The number of hydrogen-bond acceptors (Lipinski definition) is 4. The summed E-state index contributed by atoms with van der Waals surface area (Å²) in [7, 11) is 0. The van der Waals surface area contributed by atoms with Gasteiger partial charge in [0.2, 0.25) is 5.91 Å². The second-order valence-electron chi connectivity index (χ2n) is 5.33. The van der Waals surface area contributed by atoms with Crippen molar-refractivity contribution in [3.05, 3.63) is 46.7 Å². The zero-order valence-electron chi connectivity index (χ0n) is 13.4. The molecular weight excluding hydrogens is 367 g/mol. The van der Waals surface area contributed by atoms with E-state index in [0.717, 1.165) is 5.82 Å². The summed E-state index contributed by atoms with van der Waals surface area (Å²) < 4.78 is 1.96. The van der Waals surface area contributed by atoms with Gasteiger partial charge in [-0.1, -0.05) is 61.0 Å². The molecule has 1 amide bonds. The van der Waals surface area contributed by atoms with Crippen LogP contribution in [0.4, 0.5) is 5.69 Å². The predicted molar refractivity (Wildman–Crippen MR) is 100 cm³/mol. The number of carbonyl (C=O) groups is 1. The summed E-state index contributed by atoms with van der Waals surface area (Å²) in [5, 5.41) is 12.5. The third kappa shape index (κ3) is 4.53. The van der Waals surface area contributed by atoms with Crippen LogP contribution in [0.2, 0.25) is 10.0 Å². The fourth-order valence-corrected chi connectivity index (χ4v) is 3.15. The van der Waals surface area contributed by atoms with Crippen molar-refractivity contribution in [3.8, 4) is 0 Å². The van der Waals surface area contributed by atoms with Crippen LogP contribution in [0.25, 0.3) is 0 Å². The molecule has 8 heteroatoms. The smallest absolute Gasteiger partial charge is 0.234 e. The summed E-state index contributed by atoms with van der Waals surface area (Å²) in [6.45, 7) is 8.45. The van der Waals surface area contributed by atoms with Crippen LogP contribution in [0.1, 0.15) is 25.6 Å². The first kappa shape index (κ1) is 18.8. The maximum absolute atomic E-state index is 12.1. The van der Waals surface area contributed by atoms with E-state index in [1.165, 1.54) is 11.8 Å². The molecule has 0 fully saturated rings. The normalized spacial score (nSPS) is 10.9. The van der Waals surface area contributed by atoms with Gasteiger partial charge < -0.3 is 9.88 Å². The molecule has 0 saturated carbocycles. The molecule has 2 aromatic rings. The van der Waals surface area contributed by atoms with Crippen LogP contribution in [0.3, 0.4) is 0 Å². The minimum atomic E-state index is -0.191. The van der Waals surface area contributed by atoms with Gasteiger partial charge in [0.1, 0.15) is 5.82 Å². The van der Waals surface area contributed by atoms with E-state index < -0.39 is 0 Å². The highest BCUT2D eigenvalue weighted by molar-refractivity contribution is 7.99. The van der Waals surface area contributed by atoms with Gasteiger partial charge in [0.25, 0.3) is 0 Å². The number of thioether (sulfide) groups is 1. The van der Waals surface area contributed by atoms with Gasteiger partial charge in [-0.3, -0.25) is 4.79 Å². The molecule has 0 saturated heterocycles. The van der Waals surface area contributed by atoms with Gasteiger partial charge in [-0.15, -0.1) is 16.8 Å². The van der Waals surface area contributed by atoms with E-state index in [1.807, 2.05) is 18.4 Å². The molecule has 0 atom stereocenters. The molecule has 24 heavy (non-hydrogen) atoms. The third-order valence-electron chi connectivity index (χ3n) is 3.13. The van der Waals surface area contributed by atoms with Crippen LogP contribution in [0.15, 0.2) is 36.0 Å². The summed E-state index contributed by atoms with van der Waals surface area (Å²) in [5.74, 6) is 1.11. The Morgan fingerprint density at radius 1 is 1.42 bits per heavy atom. The fourth-order valence-electron chi connectivity index (χ4n) is 2.05. The summed E-state index contributed by atoms with van der Waals surface area (Å²) in [5.41, 5.74) is 0.491. The molecule has 0 unspecified atom stereocenters. The molecule has 0 aliphatic carbocycles. The summed E-state index contributed by atoms with van der Waals surface area (Å²) >= 11 is 13.3. The van der Waals surface area contributed by atoms with Gasteiger partial charge in [0.05, 0.1) is 21.5 Å². The van der Waals surface area contributed by atoms with Crippen molar-refractivity contribution in [2.75, 3.05) is 11.1 Å². The molecule has 0 spiro atoms. The maximum Gasteiger partial charge on any atom is 0.234 e. The third-order valence-corrected chi connectivity index (χ3v) is 4.92. The van der Waals surface area contributed by atoms with E-state index in [0.29, 0.717) is 27.4 Å². The van der Waals surface area contributed by atoms with Gasteiger partial charge in [0.15, 0.2) is 5.16 Å². The topological polar surface area (TPSA) is 59.8 Å². The Balaban J connectivity index is 2.04. The minimum Gasteiger partial charge on any atom is -0.324 e. The molecule has 1 aromatic carbocycles. The first-order valence-corrected chi connectivity index (χ1v) is 9.08. The van der Waals surface area contributed by atoms with Crippen LogP contribution in [-0.4, -0.2) is 26.4 Å². The molecular formula is C16H18Cl2N4OS. The quantitative estimate of drug-likeness (QED) is 0.558. The number of aromatic nitrogens is 3. The van der Waals surface area contributed by atoms with E-state index in [2.05, 4.69) is 22.1 Å². The van der Waals surface area contributed by atoms with E-state index >= 15 is 0 Å². The van der Waals surface area contributed by atoms with Crippen LogP contribution >= 0.6 is 35.0 Å². The zero-order chi connectivity index (χ0) is 17.7. The number of rotatable bonds is 7. The van der Waals surface area contributed by atoms with Crippen molar-refractivity contribution in [1.82, 2.24) is 14.8 Å². The van der Waals surface area contributed by atoms with E-state index in [1.54, 1.807) is 24.3 Å². The Morgan fingerprint density at radius 2 is 2.17 bits per heavy atom. The Bertz CT molecular complexity index is 746. The van der Waals surface area contributed by atoms with Crippen molar-refractivity contribution < 1.29 is 4.79 Å². The number of nitrogens with zero attached hydrogens (tertiary/aromatic N) is 3. The van der Waals surface area contributed by atoms with Gasteiger partial charge in [-0.25, -0.2) is 0 Å². The molecule has 0 aliphatic rings. The summed E-state index contributed by atoms with van der Waals surface area (Å²) in [6.07, 6.45) is 1.78. The largest absolute Gasteiger partial charge is 0.324 e. The Morgan fingerprint density at radius 3 is 2.83 bits per heavy atom. The van der Waals surface area contributed by atoms with E-state index in [-0.39, 0.29) is 17.6 Å². The number of allylic oxidation sites excluding steroid dienone is 1. The van der Waals surface area contributed by atoms with Crippen LogP contribution in [-0.2, 0) is 11.3 Å². The van der Waals surface area contributed by atoms with Crippen molar-refractivity contribution in [1.29, 1.82) is 0 Å². The molecule has 128 valence electrons. The molecule has 1 heterocycles. The number of anilines is 1. The maximum atomic E-state index is 12.1. The average Bonchev–Trinajstić information content (AvgIpc) is 2.93. The highest BCUT2D eigenvalue weighted by Crippen LogP contribution is 2.30. The number of hydrogen-bond donors (Lipinski definition) is 1. The Hall–Kier alpha value is -1.50. The van der Waals surface area contributed by atoms with Gasteiger partial charge in [-0.2, -0.15) is 0 Å². The fraction of sp³-hybridized carbons (Fsp3) is 0.312. The van der Waals surface area contributed by atoms with Crippen molar-refractivity contribution in [2.45, 2.75) is 31.5 Å². The molecule has 0 radical (unpaired) electrons. The molecule has 2 rings (SSSR count). The number of nitrogens with one attached hydrogen (secondary N) is 1. The highest BCUT2D eigenvalue weighted by Gasteiger charge is 2.16. The Kier molecular flexibility index (Phi) is 6.71. The monoisotopic (exact) mass is 384 g/mol. The number of halogens is 2. The summed E-state index contributed by atoms with van der Waals surface area (Å²) in [6, 6.07) is 5.10. The Labute approximate surface area is 155 Å². The van der Waals surface area contributed by atoms with E-state index in [9.17, 15) is 4.79 Å². The lowest BCUT2D eigenvalue weighted by molar-refractivity contribution is -0.113. The van der Waals surface area contributed by atoms with Crippen LogP contribution < -0.4 is 5.32 Å². The molecule has 1 aromatic heterocycles. The first-order chi connectivity index (χ1) is 11.4. The van der Waals surface area contributed by atoms with Crippen LogP contribution in [0.5, 0.6) is 0 Å². The standard InChI is InChI=1S/C16H18Cl2N4OS/c1-4-8-22-15(10(2)3)20-21-16(22)24-9-13(23)19-12-7-5-6-11(17)14(12)18/h4-7,10H,1,8-9H2,2-3H3,(H,19,23). The van der Waals surface area contributed by atoms with Gasteiger partial charge >= 0.3 is 0 Å². The van der Waals surface area contributed by atoms with Crippen molar-refractivity contribution in [3.63, 3.8) is 0 Å². The lowest BCUT2D eigenvalue weighted by Crippen LogP contribution is -2.15. The predicted octanol–water partition coefficient (Wildman–Crippen LogP) is 4.63. The van der Waals surface area contributed by atoms with Crippen molar-refractivity contribution >= 4 is 46.6 Å². The van der Waals surface area contributed by atoms with Gasteiger partial charge in [-0.05, 0) is 12.1 Å². The molecule has 5 nitrogen and oxygen atoms in total. The molecule has 1 N–H and O–H groups in total. The molecule has 0 aliphatic heterocycles. The molecule has 0 bridgehead atoms. The lowest BCUT2D eigenvalue weighted by atomic mass is 10.2. The number of benzene rings is 1. The lowest BCUT2D eigenvalue weighted by Gasteiger charge is -2.10. The average molecular weight is 385 g/mol. The number of carbonyl (C=O) groups excluding carboxylic acids is 1. The zero-order valence-corrected chi connectivity index (χ0v) is 15.8. The SMILES string of the molecule is C=CCn1c(SCC(=O)Nc2cccc(Cl)c2Cl)nnc1C(C)C. The second-order valence-corrected chi connectivity index (χ2v) is 7.06.